The van der Waals surface area contributed by atoms with Crippen molar-refractivity contribution in [1.29, 1.82) is 0 Å². The summed E-state index contributed by atoms with van der Waals surface area (Å²) in [6, 6.07) is 2.72. The van der Waals surface area contributed by atoms with Gasteiger partial charge < -0.3 is 5.32 Å². The largest absolute Gasteiger partial charge is 0.391 e. The highest BCUT2D eigenvalue weighted by Crippen LogP contribution is 2.24. The van der Waals surface area contributed by atoms with Crippen LogP contribution in [-0.2, 0) is 0 Å². The van der Waals surface area contributed by atoms with Gasteiger partial charge in [0, 0.05) is 16.8 Å². The van der Waals surface area contributed by atoms with Crippen LogP contribution in [0.1, 0.15) is 13.3 Å². The molecule has 0 heterocycles. The number of hydrogen-bond donors (Lipinski definition) is 1. The Kier molecular flexibility index (Phi) is 4.02. The first kappa shape index (κ1) is 13.1. The molecule has 1 aromatic carbocycles. The number of alkyl halides is 3. The third-order valence-corrected chi connectivity index (χ3v) is 2.03. The Morgan fingerprint density at radius 3 is 2.44 bits per heavy atom. The van der Waals surface area contributed by atoms with E-state index in [1.165, 1.54) is 13.0 Å². The molecule has 0 bridgehead atoms. The van der Waals surface area contributed by atoms with Gasteiger partial charge in [-0.3, -0.25) is 0 Å². The van der Waals surface area contributed by atoms with Crippen molar-refractivity contribution >= 4 is 17.3 Å². The zero-order chi connectivity index (χ0) is 12.3. The summed E-state index contributed by atoms with van der Waals surface area (Å²) in [6.45, 7) is 1.37. The average molecular weight is 256 g/mol. The lowest BCUT2D eigenvalue weighted by Crippen LogP contribution is -2.23. The second kappa shape index (κ2) is 4.91. The SMILES string of the molecule is CC(CC(F)(F)F)Nc1cc(F)cc(Cl)c1. The number of halogens is 5. The zero-order valence-electron chi connectivity index (χ0n) is 8.41. The molecule has 0 aliphatic heterocycles. The van der Waals surface area contributed by atoms with Gasteiger partial charge in [0.25, 0.3) is 0 Å². The van der Waals surface area contributed by atoms with Gasteiger partial charge in [0.05, 0.1) is 6.42 Å². The molecule has 16 heavy (non-hydrogen) atoms. The fourth-order valence-electron chi connectivity index (χ4n) is 1.32. The summed E-state index contributed by atoms with van der Waals surface area (Å²) in [5.74, 6) is -0.589. The smallest absolute Gasteiger partial charge is 0.382 e. The molecule has 1 aromatic rings. The molecule has 0 aromatic heterocycles. The summed E-state index contributed by atoms with van der Waals surface area (Å²) < 4.78 is 49.0. The summed E-state index contributed by atoms with van der Waals surface area (Å²) in [4.78, 5) is 0. The molecule has 0 spiro atoms. The van der Waals surface area contributed by atoms with E-state index < -0.39 is 24.5 Å². The fraction of sp³-hybridized carbons (Fsp3) is 0.400. The highest BCUT2D eigenvalue weighted by molar-refractivity contribution is 6.30. The first-order chi connectivity index (χ1) is 7.26. The molecule has 0 radical (unpaired) electrons. The summed E-state index contributed by atoms with van der Waals surface area (Å²) in [5.41, 5.74) is 0.238. The average Bonchev–Trinajstić information content (AvgIpc) is 1.96. The van der Waals surface area contributed by atoms with Gasteiger partial charge in [0.2, 0.25) is 0 Å². The number of rotatable bonds is 3. The van der Waals surface area contributed by atoms with Gasteiger partial charge in [-0.25, -0.2) is 4.39 Å². The second-order valence-corrected chi connectivity index (χ2v) is 3.96. The molecule has 0 aliphatic carbocycles. The standard InChI is InChI=1S/C10H10ClF4N/c1-6(5-10(13,14)15)16-9-3-7(11)2-8(12)4-9/h2-4,6,16H,5H2,1H3. The van der Waals surface area contributed by atoms with Crippen molar-refractivity contribution in [2.75, 3.05) is 5.32 Å². The fourth-order valence-corrected chi connectivity index (χ4v) is 1.54. The van der Waals surface area contributed by atoms with Crippen molar-refractivity contribution in [1.82, 2.24) is 0 Å². The normalized spacial score (nSPS) is 13.6. The molecule has 0 saturated heterocycles. The van der Waals surface area contributed by atoms with Crippen molar-refractivity contribution in [3.63, 3.8) is 0 Å². The van der Waals surface area contributed by atoms with Crippen LogP contribution >= 0.6 is 11.6 Å². The molecule has 1 N–H and O–H groups in total. The Labute approximate surface area is 95.4 Å². The second-order valence-electron chi connectivity index (χ2n) is 3.52. The van der Waals surface area contributed by atoms with E-state index in [0.29, 0.717) is 0 Å². The summed E-state index contributed by atoms with van der Waals surface area (Å²) in [7, 11) is 0. The summed E-state index contributed by atoms with van der Waals surface area (Å²) >= 11 is 5.56. The molecule has 1 rings (SSSR count). The minimum atomic E-state index is -4.25. The molecular weight excluding hydrogens is 246 g/mol. The van der Waals surface area contributed by atoms with E-state index in [4.69, 9.17) is 11.6 Å². The van der Waals surface area contributed by atoms with Gasteiger partial charge in [-0.2, -0.15) is 13.2 Å². The highest BCUT2D eigenvalue weighted by Gasteiger charge is 2.29. The summed E-state index contributed by atoms with van der Waals surface area (Å²) in [5, 5.41) is 2.68. The molecule has 0 saturated carbocycles. The number of nitrogens with one attached hydrogen (secondary N) is 1. The van der Waals surface area contributed by atoms with Gasteiger partial charge in [0.1, 0.15) is 5.82 Å². The lowest BCUT2D eigenvalue weighted by Gasteiger charge is -2.17. The molecule has 1 nitrogen and oxygen atoms in total. The Morgan fingerprint density at radius 1 is 1.31 bits per heavy atom. The Balaban J connectivity index is 2.66. The van der Waals surface area contributed by atoms with E-state index in [1.54, 1.807) is 0 Å². The van der Waals surface area contributed by atoms with Crippen LogP contribution in [0.15, 0.2) is 18.2 Å². The van der Waals surface area contributed by atoms with E-state index in [9.17, 15) is 17.6 Å². The van der Waals surface area contributed by atoms with Crippen molar-refractivity contribution in [3.05, 3.63) is 29.0 Å². The van der Waals surface area contributed by atoms with Gasteiger partial charge in [-0.1, -0.05) is 11.6 Å². The maximum Gasteiger partial charge on any atom is 0.391 e. The maximum absolute atomic E-state index is 12.9. The maximum atomic E-state index is 12.9. The van der Waals surface area contributed by atoms with Crippen molar-refractivity contribution < 1.29 is 17.6 Å². The van der Waals surface area contributed by atoms with Gasteiger partial charge >= 0.3 is 6.18 Å². The molecule has 0 amide bonds. The van der Waals surface area contributed by atoms with Crippen LogP contribution in [0.2, 0.25) is 5.02 Å². The topological polar surface area (TPSA) is 12.0 Å². The molecule has 90 valence electrons. The van der Waals surface area contributed by atoms with E-state index in [1.807, 2.05) is 0 Å². The van der Waals surface area contributed by atoms with Crippen molar-refractivity contribution in [3.8, 4) is 0 Å². The van der Waals surface area contributed by atoms with Crippen molar-refractivity contribution in [2.24, 2.45) is 0 Å². The van der Waals surface area contributed by atoms with Crippen LogP contribution in [0.3, 0.4) is 0 Å². The number of hydrogen-bond acceptors (Lipinski definition) is 1. The minimum Gasteiger partial charge on any atom is -0.382 e. The first-order valence-electron chi connectivity index (χ1n) is 4.55. The van der Waals surface area contributed by atoms with Crippen LogP contribution in [0, 0.1) is 5.82 Å². The Morgan fingerprint density at radius 2 is 1.94 bits per heavy atom. The van der Waals surface area contributed by atoms with Gasteiger partial charge in [0.15, 0.2) is 0 Å². The van der Waals surface area contributed by atoms with Crippen LogP contribution in [0.5, 0.6) is 0 Å². The number of anilines is 1. The van der Waals surface area contributed by atoms with E-state index in [-0.39, 0.29) is 10.7 Å². The summed E-state index contributed by atoms with van der Waals surface area (Å²) in [6.07, 6.45) is -5.23. The predicted molar refractivity (Wildman–Crippen MR) is 55.2 cm³/mol. The van der Waals surface area contributed by atoms with Gasteiger partial charge in [-0.05, 0) is 25.1 Å². The molecule has 6 heteroatoms. The third kappa shape index (κ3) is 4.70. The lowest BCUT2D eigenvalue weighted by atomic mass is 10.2. The number of benzene rings is 1. The minimum absolute atomic E-state index is 0.140. The quantitative estimate of drug-likeness (QED) is 0.797. The molecule has 0 fully saturated rings. The van der Waals surface area contributed by atoms with Crippen LogP contribution < -0.4 is 5.32 Å². The van der Waals surface area contributed by atoms with Crippen LogP contribution in [-0.4, -0.2) is 12.2 Å². The third-order valence-electron chi connectivity index (χ3n) is 1.81. The molecule has 1 unspecified atom stereocenters. The van der Waals surface area contributed by atoms with Gasteiger partial charge in [-0.15, -0.1) is 0 Å². The molecular formula is C10H10ClF4N. The van der Waals surface area contributed by atoms with E-state index >= 15 is 0 Å². The van der Waals surface area contributed by atoms with E-state index in [0.717, 1.165) is 12.1 Å². The molecule has 0 aliphatic rings. The van der Waals surface area contributed by atoms with E-state index in [2.05, 4.69) is 5.32 Å². The Bertz CT molecular complexity index is 344. The zero-order valence-corrected chi connectivity index (χ0v) is 9.16. The Hall–Kier alpha value is -0.970. The highest BCUT2D eigenvalue weighted by atomic mass is 35.5. The molecule has 1 atom stereocenters. The monoisotopic (exact) mass is 255 g/mol. The van der Waals surface area contributed by atoms with Crippen LogP contribution in [0.4, 0.5) is 23.2 Å². The lowest BCUT2D eigenvalue weighted by molar-refractivity contribution is -0.136. The first-order valence-corrected chi connectivity index (χ1v) is 4.93. The van der Waals surface area contributed by atoms with Crippen LogP contribution in [0.25, 0.3) is 0 Å². The van der Waals surface area contributed by atoms with Crippen molar-refractivity contribution in [2.45, 2.75) is 25.6 Å². The predicted octanol–water partition coefficient (Wildman–Crippen LogP) is 4.23.